The maximum atomic E-state index is 11.3. The van der Waals surface area contributed by atoms with Crippen molar-refractivity contribution in [1.29, 1.82) is 0 Å². The maximum Gasteiger partial charge on any atom is 0.321 e. The molecule has 1 saturated heterocycles. The van der Waals surface area contributed by atoms with E-state index < -0.39 is 5.97 Å². The zero-order valence-corrected chi connectivity index (χ0v) is 9.22. The Kier molecular flexibility index (Phi) is 3.10. The summed E-state index contributed by atoms with van der Waals surface area (Å²) in [5, 5.41) is 9.26. The number of aliphatic carboxylic acids is 1. The number of carboxylic acids is 1. The molecule has 0 aromatic carbocycles. The Balaban J connectivity index is 2.08. The molecule has 0 amide bonds. The first-order valence-electron chi connectivity index (χ1n) is 5.82. The van der Waals surface area contributed by atoms with Crippen LogP contribution in [0.3, 0.4) is 0 Å². The Hall–Kier alpha value is -0.830. The molecule has 84 valence electrons. The molecule has 1 heterocycles. The van der Waals surface area contributed by atoms with Gasteiger partial charge in [0.1, 0.15) is 6.04 Å². The lowest BCUT2D eigenvalue weighted by Gasteiger charge is -2.22. The lowest BCUT2D eigenvalue weighted by molar-refractivity contribution is -0.143. The predicted molar refractivity (Wildman–Crippen MR) is 58.6 cm³/mol. The standard InChI is InChI=1S/C12H19NO2/c1-2-3-7-13-8-9-5-4-6-10(9)11(13)12(14)15/h2-3,9-11H,4-8H2,1H3,(H,14,15)/b3-2+. The van der Waals surface area contributed by atoms with Gasteiger partial charge in [-0.05, 0) is 31.6 Å². The highest BCUT2D eigenvalue weighted by Crippen LogP contribution is 2.42. The second-order valence-electron chi connectivity index (χ2n) is 4.66. The summed E-state index contributed by atoms with van der Waals surface area (Å²) in [6.45, 7) is 3.75. The first-order valence-corrected chi connectivity index (χ1v) is 5.82. The van der Waals surface area contributed by atoms with Gasteiger partial charge in [-0.25, -0.2) is 0 Å². The highest BCUT2D eigenvalue weighted by molar-refractivity contribution is 5.74. The molecule has 2 rings (SSSR count). The third kappa shape index (κ3) is 1.93. The van der Waals surface area contributed by atoms with Crippen LogP contribution in [0.2, 0.25) is 0 Å². The molecule has 3 atom stereocenters. The van der Waals surface area contributed by atoms with Crippen molar-refractivity contribution in [3.8, 4) is 0 Å². The van der Waals surface area contributed by atoms with Crippen LogP contribution >= 0.6 is 0 Å². The summed E-state index contributed by atoms with van der Waals surface area (Å²) in [4.78, 5) is 13.4. The molecule has 0 bridgehead atoms. The van der Waals surface area contributed by atoms with Crippen molar-refractivity contribution >= 4 is 5.97 Å². The fourth-order valence-corrected chi connectivity index (χ4v) is 3.16. The number of carbonyl (C=O) groups is 1. The van der Waals surface area contributed by atoms with Crippen LogP contribution in [-0.2, 0) is 4.79 Å². The minimum absolute atomic E-state index is 0.228. The lowest BCUT2D eigenvalue weighted by atomic mass is 9.94. The molecule has 1 saturated carbocycles. The van der Waals surface area contributed by atoms with Gasteiger partial charge in [-0.2, -0.15) is 0 Å². The molecule has 0 aromatic heterocycles. The summed E-state index contributed by atoms with van der Waals surface area (Å²) in [6.07, 6.45) is 7.59. The summed E-state index contributed by atoms with van der Waals surface area (Å²) in [7, 11) is 0. The number of fused-ring (bicyclic) bond motifs is 1. The quantitative estimate of drug-likeness (QED) is 0.720. The first kappa shape index (κ1) is 10.7. The van der Waals surface area contributed by atoms with Gasteiger partial charge < -0.3 is 5.11 Å². The molecule has 0 aromatic rings. The van der Waals surface area contributed by atoms with Crippen molar-refractivity contribution < 1.29 is 9.90 Å². The van der Waals surface area contributed by atoms with Crippen LogP contribution in [0.1, 0.15) is 26.2 Å². The normalized spacial score (nSPS) is 36.2. The van der Waals surface area contributed by atoms with Crippen LogP contribution in [0.25, 0.3) is 0 Å². The summed E-state index contributed by atoms with van der Waals surface area (Å²) in [5.74, 6) is 0.415. The van der Waals surface area contributed by atoms with E-state index in [0.717, 1.165) is 19.5 Å². The first-order chi connectivity index (χ1) is 7.24. The number of hydrogen-bond donors (Lipinski definition) is 1. The minimum atomic E-state index is -0.631. The topological polar surface area (TPSA) is 40.5 Å². The Morgan fingerprint density at radius 1 is 1.53 bits per heavy atom. The van der Waals surface area contributed by atoms with Gasteiger partial charge in [0.15, 0.2) is 0 Å². The van der Waals surface area contributed by atoms with Crippen LogP contribution in [0, 0.1) is 11.8 Å². The molecule has 3 nitrogen and oxygen atoms in total. The van der Waals surface area contributed by atoms with Gasteiger partial charge in [-0.3, -0.25) is 9.69 Å². The molecule has 1 aliphatic carbocycles. The summed E-state index contributed by atoms with van der Waals surface area (Å²) in [6, 6.07) is -0.228. The van der Waals surface area contributed by atoms with Crippen molar-refractivity contribution in [2.24, 2.45) is 11.8 Å². The molecular formula is C12H19NO2. The predicted octanol–water partition coefficient (Wildman–Crippen LogP) is 1.75. The van der Waals surface area contributed by atoms with Gasteiger partial charge in [0.05, 0.1) is 0 Å². The van der Waals surface area contributed by atoms with Crippen molar-refractivity contribution in [2.75, 3.05) is 13.1 Å². The smallest absolute Gasteiger partial charge is 0.321 e. The number of rotatable bonds is 3. The molecule has 3 unspecified atom stereocenters. The molecule has 0 radical (unpaired) electrons. The SMILES string of the molecule is C/C=C/CN1CC2CCCC2C1C(=O)O. The second-order valence-corrected chi connectivity index (χ2v) is 4.66. The van der Waals surface area contributed by atoms with E-state index in [9.17, 15) is 9.90 Å². The summed E-state index contributed by atoms with van der Waals surface area (Å²) >= 11 is 0. The zero-order valence-electron chi connectivity index (χ0n) is 9.22. The van der Waals surface area contributed by atoms with E-state index >= 15 is 0 Å². The van der Waals surface area contributed by atoms with Crippen molar-refractivity contribution in [3.63, 3.8) is 0 Å². The largest absolute Gasteiger partial charge is 0.480 e. The van der Waals surface area contributed by atoms with Gasteiger partial charge in [-0.1, -0.05) is 18.6 Å². The van der Waals surface area contributed by atoms with Gasteiger partial charge in [-0.15, -0.1) is 0 Å². The zero-order chi connectivity index (χ0) is 10.8. The molecule has 2 aliphatic rings. The summed E-state index contributed by atoms with van der Waals surface area (Å²) in [5.41, 5.74) is 0. The van der Waals surface area contributed by atoms with E-state index in [1.807, 2.05) is 13.0 Å². The molecule has 2 fully saturated rings. The van der Waals surface area contributed by atoms with Crippen LogP contribution < -0.4 is 0 Å². The van der Waals surface area contributed by atoms with E-state index in [1.165, 1.54) is 12.8 Å². The molecule has 1 N–H and O–H groups in total. The van der Waals surface area contributed by atoms with E-state index in [-0.39, 0.29) is 6.04 Å². The van der Waals surface area contributed by atoms with Gasteiger partial charge in [0.25, 0.3) is 0 Å². The fraction of sp³-hybridized carbons (Fsp3) is 0.750. The summed E-state index contributed by atoms with van der Waals surface area (Å²) < 4.78 is 0. The lowest BCUT2D eigenvalue weighted by Crippen LogP contribution is -2.39. The maximum absolute atomic E-state index is 11.3. The Bertz CT molecular complexity index is 275. The number of allylic oxidation sites excluding steroid dienone is 1. The van der Waals surface area contributed by atoms with Gasteiger partial charge >= 0.3 is 5.97 Å². The van der Waals surface area contributed by atoms with E-state index in [4.69, 9.17) is 0 Å². The second kappa shape index (κ2) is 4.35. The third-order valence-corrected chi connectivity index (χ3v) is 3.81. The molecule has 3 heteroatoms. The Morgan fingerprint density at radius 3 is 3.00 bits per heavy atom. The van der Waals surface area contributed by atoms with E-state index in [0.29, 0.717) is 11.8 Å². The van der Waals surface area contributed by atoms with E-state index in [2.05, 4.69) is 11.0 Å². The van der Waals surface area contributed by atoms with E-state index in [1.54, 1.807) is 0 Å². The van der Waals surface area contributed by atoms with Crippen molar-refractivity contribution in [2.45, 2.75) is 32.2 Å². The van der Waals surface area contributed by atoms with Crippen molar-refractivity contribution in [1.82, 2.24) is 4.90 Å². The molecule has 15 heavy (non-hydrogen) atoms. The van der Waals surface area contributed by atoms with Gasteiger partial charge in [0, 0.05) is 13.1 Å². The number of likely N-dealkylation sites (tertiary alicyclic amines) is 1. The highest BCUT2D eigenvalue weighted by Gasteiger charge is 2.46. The van der Waals surface area contributed by atoms with Crippen LogP contribution in [0.15, 0.2) is 12.2 Å². The fourth-order valence-electron chi connectivity index (χ4n) is 3.16. The number of hydrogen-bond acceptors (Lipinski definition) is 2. The number of nitrogens with zero attached hydrogens (tertiary/aromatic N) is 1. The minimum Gasteiger partial charge on any atom is -0.480 e. The van der Waals surface area contributed by atoms with Crippen molar-refractivity contribution in [3.05, 3.63) is 12.2 Å². The monoisotopic (exact) mass is 209 g/mol. The third-order valence-electron chi connectivity index (χ3n) is 3.81. The molecule has 0 spiro atoms. The highest BCUT2D eigenvalue weighted by atomic mass is 16.4. The Labute approximate surface area is 90.8 Å². The van der Waals surface area contributed by atoms with Crippen LogP contribution in [0.4, 0.5) is 0 Å². The van der Waals surface area contributed by atoms with Gasteiger partial charge in [0.2, 0.25) is 0 Å². The molecular weight excluding hydrogens is 190 g/mol. The number of carboxylic acid groups (broad SMARTS) is 1. The Morgan fingerprint density at radius 2 is 2.33 bits per heavy atom. The molecule has 1 aliphatic heterocycles. The average molecular weight is 209 g/mol. The van der Waals surface area contributed by atoms with Crippen LogP contribution in [0.5, 0.6) is 0 Å². The average Bonchev–Trinajstić information content (AvgIpc) is 2.72. The van der Waals surface area contributed by atoms with Crippen LogP contribution in [-0.4, -0.2) is 35.1 Å².